The molecular formula is C16H13FN2O5. The number of nitro groups is 1. The SMILES string of the molecule is O=Cc1ccc(OCC(=O)NCc2ccc(F)cc2)c([N+](=O)[O-])c1. The maximum Gasteiger partial charge on any atom is 0.311 e. The molecule has 24 heavy (non-hydrogen) atoms. The molecule has 1 N–H and O–H groups in total. The average Bonchev–Trinajstić information content (AvgIpc) is 2.59. The number of amides is 1. The van der Waals surface area contributed by atoms with Crippen LogP contribution in [0, 0.1) is 15.9 Å². The summed E-state index contributed by atoms with van der Waals surface area (Å²) in [5.41, 5.74) is 0.437. The molecule has 2 aromatic carbocycles. The molecule has 0 aromatic heterocycles. The van der Waals surface area contributed by atoms with Gasteiger partial charge in [-0.05, 0) is 29.8 Å². The van der Waals surface area contributed by atoms with Gasteiger partial charge in [0.25, 0.3) is 5.91 Å². The van der Waals surface area contributed by atoms with Gasteiger partial charge in [0.15, 0.2) is 12.4 Å². The second-order valence-corrected chi connectivity index (χ2v) is 4.79. The standard InChI is InChI=1S/C16H13FN2O5/c17-13-4-1-11(2-5-13)8-18-16(21)10-24-15-6-3-12(9-20)7-14(15)19(22)23/h1-7,9H,8,10H2,(H,18,21). The number of carbonyl (C=O) groups is 2. The van der Waals surface area contributed by atoms with Crippen molar-refractivity contribution in [3.63, 3.8) is 0 Å². The van der Waals surface area contributed by atoms with Gasteiger partial charge in [-0.3, -0.25) is 19.7 Å². The lowest BCUT2D eigenvalue weighted by Crippen LogP contribution is -2.28. The molecule has 0 atom stereocenters. The van der Waals surface area contributed by atoms with Crippen LogP contribution in [0.4, 0.5) is 10.1 Å². The summed E-state index contributed by atoms with van der Waals surface area (Å²) in [6.45, 7) is -0.253. The van der Waals surface area contributed by atoms with Crippen molar-refractivity contribution >= 4 is 17.9 Å². The van der Waals surface area contributed by atoms with Crippen molar-refractivity contribution in [1.82, 2.24) is 5.32 Å². The molecule has 0 fully saturated rings. The van der Waals surface area contributed by atoms with Crippen molar-refractivity contribution in [2.45, 2.75) is 6.54 Å². The van der Waals surface area contributed by atoms with E-state index in [-0.39, 0.29) is 23.7 Å². The largest absolute Gasteiger partial charge is 0.477 e. The number of nitrogens with one attached hydrogen (secondary N) is 1. The summed E-state index contributed by atoms with van der Waals surface area (Å²) < 4.78 is 17.9. The minimum Gasteiger partial charge on any atom is -0.477 e. The van der Waals surface area contributed by atoms with E-state index >= 15 is 0 Å². The van der Waals surface area contributed by atoms with E-state index in [4.69, 9.17) is 4.74 Å². The number of nitro benzene ring substituents is 1. The summed E-state index contributed by atoms with van der Waals surface area (Å²) in [4.78, 5) is 32.6. The normalized spacial score (nSPS) is 10.0. The van der Waals surface area contributed by atoms with Gasteiger partial charge in [-0.15, -0.1) is 0 Å². The first-order valence-electron chi connectivity index (χ1n) is 6.87. The maximum absolute atomic E-state index is 12.8. The van der Waals surface area contributed by atoms with Crippen LogP contribution in [0.15, 0.2) is 42.5 Å². The van der Waals surface area contributed by atoms with Crippen molar-refractivity contribution < 1.29 is 23.6 Å². The van der Waals surface area contributed by atoms with Crippen LogP contribution >= 0.6 is 0 Å². The number of ether oxygens (including phenoxy) is 1. The fraction of sp³-hybridized carbons (Fsp3) is 0.125. The Morgan fingerprint density at radius 1 is 1.25 bits per heavy atom. The minimum atomic E-state index is -0.696. The molecule has 1 amide bonds. The van der Waals surface area contributed by atoms with E-state index in [0.29, 0.717) is 11.8 Å². The Balaban J connectivity index is 1.92. The molecule has 2 rings (SSSR count). The Hall–Kier alpha value is -3.29. The number of benzene rings is 2. The lowest BCUT2D eigenvalue weighted by molar-refractivity contribution is -0.385. The number of nitrogens with zero attached hydrogens (tertiary/aromatic N) is 1. The van der Waals surface area contributed by atoms with Crippen LogP contribution in [-0.2, 0) is 11.3 Å². The predicted molar refractivity (Wildman–Crippen MR) is 82.2 cm³/mol. The molecule has 0 saturated heterocycles. The third kappa shape index (κ3) is 4.60. The zero-order valence-electron chi connectivity index (χ0n) is 12.4. The van der Waals surface area contributed by atoms with Crippen molar-refractivity contribution in [3.05, 3.63) is 69.5 Å². The number of carbonyl (C=O) groups excluding carboxylic acids is 2. The van der Waals surface area contributed by atoms with Crippen LogP contribution in [0.3, 0.4) is 0 Å². The van der Waals surface area contributed by atoms with Crippen molar-refractivity contribution in [2.75, 3.05) is 6.61 Å². The summed E-state index contributed by atoms with van der Waals surface area (Å²) >= 11 is 0. The molecule has 0 aliphatic carbocycles. The third-order valence-electron chi connectivity index (χ3n) is 3.08. The molecular weight excluding hydrogens is 319 g/mol. The molecule has 0 radical (unpaired) electrons. The topological polar surface area (TPSA) is 98.5 Å². The van der Waals surface area contributed by atoms with Crippen molar-refractivity contribution in [1.29, 1.82) is 0 Å². The lowest BCUT2D eigenvalue weighted by Gasteiger charge is -2.08. The van der Waals surface area contributed by atoms with Crippen molar-refractivity contribution in [3.8, 4) is 5.75 Å². The van der Waals surface area contributed by atoms with Crippen LogP contribution in [0.25, 0.3) is 0 Å². The van der Waals surface area contributed by atoms with Gasteiger partial charge in [-0.2, -0.15) is 0 Å². The quantitative estimate of drug-likeness (QED) is 0.476. The molecule has 0 unspecified atom stereocenters. The summed E-state index contributed by atoms with van der Waals surface area (Å²) in [6.07, 6.45) is 0.478. The molecule has 0 bridgehead atoms. The Labute approximate surface area is 136 Å². The zero-order valence-corrected chi connectivity index (χ0v) is 12.4. The molecule has 0 aliphatic rings. The summed E-state index contributed by atoms with van der Waals surface area (Å²) in [6, 6.07) is 9.28. The molecule has 0 heterocycles. The smallest absolute Gasteiger partial charge is 0.311 e. The van der Waals surface area contributed by atoms with Gasteiger partial charge >= 0.3 is 5.69 Å². The second-order valence-electron chi connectivity index (χ2n) is 4.79. The molecule has 0 spiro atoms. The highest BCUT2D eigenvalue weighted by molar-refractivity contribution is 5.79. The zero-order chi connectivity index (χ0) is 17.5. The lowest BCUT2D eigenvalue weighted by atomic mass is 10.2. The van der Waals surface area contributed by atoms with E-state index in [1.54, 1.807) is 0 Å². The Bertz CT molecular complexity index is 762. The summed E-state index contributed by atoms with van der Waals surface area (Å²) in [7, 11) is 0. The second kappa shape index (κ2) is 7.82. The van der Waals surface area contributed by atoms with E-state index in [2.05, 4.69) is 5.32 Å². The van der Waals surface area contributed by atoms with Crippen LogP contribution < -0.4 is 10.1 Å². The molecule has 7 nitrogen and oxygen atoms in total. The van der Waals surface area contributed by atoms with Gasteiger partial charge in [0.1, 0.15) is 12.1 Å². The van der Waals surface area contributed by atoms with Gasteiger partial charge in [0.05, 0.1) is 4.92 Å². The minimum absolute atomic E-state index is 0.109. The Morgan fingerprint density at radius 3 is 2.58 bits per heavy atom. The fourth-order valence-corrected chi connectivity index (χ4v) is 1.87. The summed E-state index contributed by atoms with van der Waals surface area (Å²) in [5, 5.41) is 13.5. The number of hydrogen-bond donors (Lipinski definition) is 1. The third-order valence-corrected chi connectivity index (χ3v) is 3.08. The first-order valence-corrected chi connectivity index (χ1v) is 6.87. The van der Waals surface area contributed by atoms with Gasteiger partial charge in [0.2, 0.25) is 0 Å². The highest BCUT2D eigenvalue weighted by atomic mass is 19.1. The van der Waals surface area contributed by atoms with E-state index in [1.165, 1.54) is 36.4 Å². The monoisotopic (exact) mass is 332 g/mol. The van der Waals surface area contributed by atoms with Gasteiger partial charge in [-0.25, -0.2) is 4.39 Å². The van der Waals surface area contributed by atoms with Crippen LogP contribution in [0.1, 0.15) is 15.9 Å². The highest BCUT2D eigenvalue weighted by Crippen LogP contribution is 2.27. The predicted octanol–water partition coefficient (Wildman–Crippen LogP) is 2.24. The number of halogens is 1. The summed E-state index contributed by atoms with van der Waals surface area (Å²) in [5.74, 6) is -0.977. The van der Waals surface area contributed by atoms with Gasteiger partial charge in [0, 0.05) is 18.2 Å². The van der Waals surface area contributed by atoms with E-state index in [9.17, 15) is 24.1 Å². The van der Waals surface area contributed by atoms with Crippen molar-refractivity contribution in [2.24, 2.45) is 0 Å². The number of hydrogen-bond acceptors (Lipinski definition) is 5. The fourth-order valence-electron chi connectivity index (χ4n) is 1.87. The average molecular weight is 332 g/mol. The number of rotatable bonds is 7. The first kappa shape index (κ1) is 17.1. The molecule has 2 aromatic rings. The molecule has 124 valence electrons. The highest BCUT2D eigenvalue weighted by Gasteiger charge is 2.17. The molecule has 0 aliphatic heterocycles. The first-order chi connectivity index (χ1) is 11.5. The Kier molecular flexibility index (Phi) is 5.56. The van der Waals surface area contributed by atoms with E-state index < -0.39 is 23.1 Å². The van der Waals surface area contributed by atoms with Gasteiger partial charge in [-0.1, -0.05) is 12.1 Å². The van der Waals surface area contributed by atoms with Crippen LogP contribution in [-0.4, -0.2) is 23.7 Å². The molecule has 0 saturated carbocycles. The van der Waals surface area contributed by atoms with E-state index in [1.807, 2.05) is 0 Å². The van der Waals surface area contributed by atoms with Crippen LogP contribution in [0.2, 0.25) is 0 Å². The van der Waals surface area contributed by atoms with Gasteiger partial charge < -0.3 is 10.1 Å². The van der Waals surface area contributed by atoms with E-state index in [0.717, 1.165) is 6.07 Å². The van der Waals surface area contributed by atoms with Crippen LogP contribution in [0.5, 0.6) is 5.75 Å². The molecule has 8 heteroatoms. The Morgan fingerprint density at radius 2 is 1.96 bits per heavy atom. The maximum atomic E-state index is 12.8. The number of aldehydes is 1.